The Morgan fingerprint density at radius 2 is 1.74 bits per heavy atom. The highest BCUT2D eigenvalue weighted by Crippen LogP contribution is 2.25. The van der Waals surface area contributed by atoms with Crippen LogP contribution in [-0.2, 0) is 4.74 Å². The van der Waals surface area contributed by atoms with Crippen molar-refractivity contribution < 1.29 is 27.8 Å². The number of aryl methyl sites for hydroxylation is 1. The molecule has 1 unspecified atom stereocenters. The minimum Gasteiger partial charge on any atom is -0.449 e. The van der Waals surface area contributed by atoms with E-state index >= 15 is 0 Å². The quantitative estimate of drug-likeness (QED) is 0.451. The average molecular weight is 430 g/mol. The first kappa shape index (κ1) is 21.9. The van der Waals surface area contributed by atoms with E-state index in [1.807, 2.05) is 0 Å². The van der Waals surface area contributed by atoms with E-state index in [2.05, 4.69) is 14.7 Å². The molecule has 0 aliphatic carbocycles. The summed E-state index contributed by atoms with van der Waals surface area (Å²) in [5.41, 5.74) is 7.81. The molecule has 0 bridgehead atoms. The molecular weight excluding hydrogens is 410 g/mol. The summed E-state index contributed by atoms with van der Waals surface area (Å²) < 4.78 is 36.1. The molecule has 0 spiro atoms. The smallest absolute Gasteiger partial charge is 0.387 e. The van der Waals surface area contributed by atoms with Gasteiger partial charge in [-0.15, -0.1) is 0 Å². The number of hydrogen-bond acceptors (Lipinski definition) is 7. The highest BCUT2D eigenvalue weighted by Gasteiger charge is 2.26. The van der Waals surface area contributed by atoms with Gasteiger partial charge in [0.25, 0.3) is 0 Å². The zero-order chi connectivity index (χ0) is 22.7. The average Bonchev–Trinajstić information content (AvgIpc) is 3.02. The number of nitrogen functional groups attached to an aromatic ring is 1. The molecular formula is C21H20F2N4O4. The standard InChI is InChI=1S/C21H20F2N4O4/c1-11-10-16(12(2)27(11)14-4-6-15(7-5-14)31-21(22)23)18(28)13(3)30-20(29)17-19(24)26-9-8-25-17/h4-10,13,21H,1-3H3,(H2,24,26). The Hall–Kier alpha value is -3.82. The van der Waals surface area contributed by atoms with E-state index in [9.17, 15) is 18.4 Å². The van der Waals surface area contributed by atoms with Crippen LogP contribution in [0.3, 0.4) is 0 Å². The topological polar surface area (TPSA) is 109 Å². The predicted molar refractivity (Wildman–Crippen MR) is 108 cm³/mol. The number of carbonyl (C=O) groups is 2. The van der Waals surface area contributed by atoms with Crippen molar-refractivity contribution in [2.45, 2.75) is 33.5 Å². The van der Waals surface area contributed by atoms with Gasteiger partial charge in [-0.25, -0.2) is 14.8 Å². The number of Topliss-reactive ketones (excluding diaryl/α,β-unsaturated/α-hetero) is 1. The lowest BCUT2D eigenvalue weighted by molar-refractivity contribution is -0.0498. The van der Waals surface area contributed by atoms with Crippen LogP contribution >= 0.6 is 0 Å². The second-order valence-electron chi connectivity index (χ2n) is 6.69. The van der Waals surface area contributed by atoms with Gasteiger partial charge in [0.15, 0.2) is 17.6 Å². The van der Waals surface area contributed by atoms with Crippen LogP contribution in [0.4, 0.5) is 14.6 Å². The number of nitrogens with two attached hydrogens (primary N) is 1. The maximum absolute atomic E-state index is 12.9. The van der Waals surface area contributed by atoms with E-state index in [0.29, 0.717) is 16.9 Å². The molecule has 0 amide bonds. The second-order valence-corrected chi connectivity index (χ2v) is 6.69. The maximum Gasteiger partial charge on any atom is 0.387 e. The second kappa shape index (κ2) is 8.90. The first-order valence-electron chi connectivity index (χ1n) is 9.25. The number of esters is 1. The Morgan fingerprint density at radius 3 is 2.35 bits per heavy atom. The van der Waals surface area contributed by atoms with Crippen molar-refractivity contribution in [1.82, 2.24) is 14.5 Å². The molecule has 0 saturated carbocycles. The normalized spacial score (nSPS) is 11.9. The molecule has 3 rings (SSSR count). The van der Waals surface area contributed by atoms with Gasteiger partial charge in [0, 0.05) is 35.0 Å². The van der Waals surface area contributed by atoms with Gasteiger partial charge in [-0.05, 0) is 51.1 Å². The van der Waals surface area contributed by atoms with Crippen molar-refractivity contribution in [1.29, 1.82) is 0 Å². The summed E-state index contributed by atoms with van der Waals surface area (Å²) >= 11 is 0. The Balaban J connectivity index is 1.81. The van der Waals surface area contributed by atoms with E-state index in [-0.39, 0.29) is 17.3 Å². The van der Waals surface area contributed by atoms with E-state index < -0.39 is 24.5 Å². The van der Waals surface area contributed by atoms with Gasteiger partial charge >= 0.3 is 12.6 Å². The van der Waals surface area contributed by atoms with E-state index in [1.54, 1.807) is 36.6 Å². The number of benzene rings is 1. The first-order valence-corrected chi connectivity index (χ1v) is 9.25. The highest BCUT2D eigenvalue weighted by molar-refractivity contribution is 6.02. The van der Waals surface area contributed by atoms with Gasteiger partial charge in [-0.2, -0.15) is 8.78 Å². The van der Waals surface area contributed by atoms with Crippen LogP contribution in [0.1, 0.15) is 39.2 Å². The summed E-state index contributed by atoms with van der Waals surface area (Å²) in [6.07, 6.45) is 1.54. The van der Waals surface area contributed by atoms with Crippen LogP contribution in [0.15, 0.2) is 42.7 Å². The number of alkyl halides is 2. The van der Waals surface area contributed by atoms with Gasteiger partial charge < -0.3 is 19.8 Å². The van der Waals surface area contributed by atoms with Crippen LogP contribution in [0.2, 0.25) is 0 Å². The predicted octanol–water partition coefficient (Wildman–Crippen LogP) is 3.50. The van der Waals surface area contributed by atoms with E-state index in [4.69, 9.17) is 10.5 Å². The minimum absolute atomic E-state index is 0.0290. The molecule has 2 heterocycles. The van der Waals surface area contributed by atoms with Gasteiger partial charge in [0.2, 0.25) is 5.78 Å². The third-order valence-corrected chi connectivity index (χ3v) is 4.59. The third-order valence-electron chi connectivity index (χ3n) is 4.59. The molecule has 3 aromatic rings. The van der Waals surface area contributed by atoms with Crippen molar-refractivity contribution >= 4 is 17.6 Å². The molecule has 0 aliphatic rings. The molecule has 2 N–H and O–H groups in total. The number of anilines is 1. The molecule has 2 aromatic heterocycles. The van der Waals surface area contributed by atoms with Crippen LogP contribution < -0.4 is 10.5 Å². The summed E-state index contributed by atoms with van der Waals surface area (Å²) in [5, 5.41) is 0. The fourth-order valence-corrected chi connectivity index (χ4v) is 3.18. The summed E-state index contributed by atoms with van der Waals surface area (Å²) in [4.78, 5) is 32.8. The Bertz CT molecular complexity index is 1110. The van der Waals surface area contributed by atoms with Crippen LogP contribution in [-0.4, -0.2) is 39.0 Å². The van der Waals surface area contributed by atoms with Crippen LogP contribution in [0.5, 0.6) is 5.75 Å². The minimum atomic E-state index is -2.91. The maximum atomic E-state index is 12.9. The summed E-state index contributed by atoms with van der Waals surface area (Å²) in [7, 11) is 0. The van der Waals surface area contributed by atoms with Gasteiger partial charge in [0.1, 0.15) is 5.75 Å². The molecule has 1 atom stereocenters. The SMILES string of the molecule is Cc1cc(C(=O)C(C)OC(=O)c2nccnc2N)c(C)n1-c1ccc(OC(F)F)cc1. The number of ketones is 1. The summed E-state index contributed by atoms with van der Waals surface area (Å²) in [5.74, 6) is -1.33. The first-order chi connectivity index (χ1) is 14.7. The largest absolute Gasteiger partial charge is 0.449 e. The number of hydrogen-bond donors (Lipinski definition) is 1. The summed E-state index contributed by atoms with van der Waals surface area (Å²) in [6, 6.07) is 7.70. The molecule has 0 saturated heterocycles. The molecule has 0 radical (unpaired) electrons. The molecule has 1 aromatic carbocycles. The summed E-state index contributed by atoms with van der Waals surface area (Å²) in [6.45, 7) is 2.07. The third kappa shape index (κ3) is 4.68. The lowest BCUT2D eigenvalue weighted by atomic mass is 10.1. The number of aromatic nitrogens is 3. The van der Waals surface area contributed by atoms with Crippen molar-refractivity contribution in [2.24, 2.45) is 0 Å². The lowest BCUT2D eigenvalue weighted by Crippen LogP contribution is -2.26. The molecule has 31 heavy (non-hydrogen) atoms. The number of nitrogens with zero attached hydrogens (tertiary/aromatic N) is 3. The Labute approximate surface area is 176 Å². The Kier molecular flexibility index (Phi) is 6.28. The zero-order valence-electron chi connectivity index (χ0n) is 17.0. The van der Waals surface area contributed by atoms with Gasteiger partial charge in [-0.3, -0.25) is 4.79 Å². The number of ether oxygens (including phenoxy) is 2. The molecule has 8 nitrogen and oxygen atoms in total. The van der Waals surface area contributed by atoms with Gasteiger partial charge in [-0.1, -0.05) is 0 Å². The van der Waals surface area contributed by atoms with Crippen LogP contribution in [0, 0.1) is 13.8 Å². The fourth-order valence-electron chi connectivity index (χ4n) is 3.18. The van der Waals surface area contributed by atoms with Crippen molar-refractivity contribution in [3.63, 3.8) is 0 Å². The van der Waals surface area contributed by atoms with Crippen LogP contribution in [0.25, 0.3) is 5.69 Å². The fraction of sp³-hybridized carbons (Fsp3) is 0.238. The van der Waals surface area contributed by atoms with E-state index in [1.165, 1.54) is 31.5 Å². The monoisotopic (exact) mass is 430 g/mol. The molecule has 0 fully saturated rings. The Morgan fingerprint density at radius 1 is 1.10 bits per heavy atom. The highest BCUT2D eigenvalue weighted by atomic mass is 19.3. The van der Waals surface area contributed by atoms with Crippen molar-refractivity contribution in [3.05, 3.63) is 65.4 Å². The number of rotatable bonds is 7. The number of carbonyl (C=O) groups excluding carboxylic acids is 2. The lowest BCUT2D eigenvalue weighted by Gasteiger charge is -2.14. The zero-order valence-corrected chi connectivity index (χ0v) is 17.0. The van der Waals surface area contributed by atoms with Crippen molar-refractivity contribution in [2.75, 3.05) is 5.73 Å². The van der Waals surface area contributed by atoms with Crippen molar-refractivity contribution in [3.8, 4) is 11.4 Å². The molecule has 0 aliphatic heterocycles. The van der Waals surface area contributed by atoms with E-state index in [0.717, 1.165) is 5.69 Å². The number of halogens is 2. The molecule has 162 valence electrons. The molecule has 10 heteroatoms. The van der Waals surface area contributed by atoms with Gasteiger partial charge in [0.05, 0.1) is 0 Å².